The fourth-order valence-electron chi connectivity index (χ4n) is 1.24. The molecule has 67 valence electrons. The topological polar surface area (TPSA) is 0 Å². The third-order valence-corrected chi connectivity index (χ3v) is 3.81. The second-order valence-electron chi connectivity index (χ2n) is 3.28. The average molecular weight is 171 g/mol. The molecule has 0 aromatic heterocycles. The zero-order valence-corrected chi connectivity index (χ0v) is 9.39. The molecule has 1 heteroatoms. The molecule has 0 saturated carbocycles. The maximum Gasteiger partial charge on any atom is 0.0280 e. The summed E-state index contributed by atoms with van der Waals surface area (Å²) in [5, 5.41) is 0. The Kier molecular flexibility index (Phi) is 10.4. The van der Waals surface area contributed by atoms with Gasteiger partial charge < -0.3 is 0 Å². The molecule has 1 radical (unpaired) electrons. The van der Waals surface area contributed by atoms with E-state index in [9.17, 15) is 0 Å². The van der Waals surface area contributed by atoms with Crippen LogP contribution >= 0.6 is 0 Å². The zero-order chi connectivity index (χ0) is 8.36. The summed E-state index contributed by atoms with van der Waals surface area (Å²) in [7, 11) is 0.811. The van der Waals surface area contributed by atoms with Crippen LogP contribution in [0, 0.1) is 0 Å². The highest BCUT2D eigenvalue weighted by atomic mass is 28.2. The highest BCUT2D eigenvalue weighted by Gasteiger charge is 1.89. The molecule has 0 aliphatic rings. The van der Waals surface area contributed by atoms with Gasteiger partial charge in [0.15, 0.2) is 0 Å². The predicted molar refractivity (Wildman–Crippen MR) is 55.8 cm³/mol. The molecule has 0 aliphatic heterocycles. The van der Waals surface area contributed by atoms with Crippen molar-refractivity contribution in [2.45, 2.75) is 64.5 Å². The van der Waals surface area contributed by atoms with Crippen LogP contribution in [0.25, 0.3) is 0 Å². The van der Waals surface area contributed by atoms with Crippen molar-refractivity contribution in [3.63, 3.8) is 0 Å². The highest BCUT2D eigenvalue weighted by Crippen LogP contribution is 2.05. The third-order valence-electron chi connectivity index (χ3n) is 2.00. The lowest BCUT2D eigenvalue weighted by Gasteiger charge is -1.98. The van der Waals surface area contributed by atoms with Crippen LogP contribution in [-0.4, -0.2) is 9.52 Å². The number of hydrogen-bond acceptors (Lipinski definition) is 0. The fourth-order valence-corrected chi connectivity index (χ4v) is 2.51. The van der Waals surface area contributed by atoms with E-state index >= 15 is 0 Å². The normalized spacial score (nSPS) is 10.4. The molecule has 0 saturated heterocycles. The van der Waals surface area contributed by atoms with E-state index in [1.807, 2.05) is 0 Å². The van der Waals surface area contributed by atoms with Gasteiger partial charge in [0.25, 0.3) is 0 Å². The summed E-state index contributed by atoms with van der Waals surface area (Å²) in [6, 6.07) is 3.07. The van der Waals surface area contributed by atoms with E-state index < -0.39 is 0 Å². The molecule has 0 fully saturated rings. The van der Waals surface area contributed by atoms with Crippen LogP contribution in [0.2, 0.25) is 12.1 Å². The van der Waals surface area contributed by atoms with Crippen molar-refractivity contribution in [1.29, 1.82) is 0 Å². The molecule has 0 atom stereocenters. The molecule has 0 spiro atoms. The first kappa shape index (κ1) is 11.2. The van der Waals surface area contributed by atoms with Crippen molar-refractivity contribution in [3.05, 3.63) is 0 Å². The minimum Gasteiger partial charge on any atom is -0.0657 e. The van der Waals surface area contributed by atoms with Gasteiger partial charge >= 0.3 is 0 Å². The molecule has 0 bridgehead atoms. The summed E-state index contributed by atoms with van der Waals surface area (Å²) in [6.07, 6.45) is 8.71. The Labute approximate surface area is 74.6 Å². The van der Waals surface area contributed by atoms with Gasteiger partial charge in [-0.05, 0) is 0 Å². The van der Waals surface area contributed by atoms with E-state index in [0.717, 1.165) is 9.52 Å². The van der Waals surface area contributed by atoms with E-state index in [-0.39, 0.29) is 0 Å². The molecule has 0 heterocycles. The second kappa shape index (κ2) is 10.2. The minimum atomic E-state index is 0.811. The van der Waals surface area contributed by atoms with Crippen LogP contribution < -0.4 is 0 Å². The Hall–Kier alpha value is 0.217. The lowest BCUT2D eigenvalue weighted by atomic mass is 10.2. The van der Waals surface area contributed by atoms with Crippen molar-refractivity contribution in [3.8, 4) is 0 Å². The lowest BCUT2D eigenvalue weighted by Crippen LogP contribution is -1.87. The molecular formula is C10H23Si. The van der Waals surface area contributed by atoms with Crippen LogP contribution in [0.1, 0.15) is 52.4 Å². The van der Waals surface area contributed by atoms with Crippen molar-refractivity contribution < 1.29 is 0 Å². The molecule has 0 aromatic rings. The molecule has 0 aliphatic carbocycles. The number of hydrogen-bond donors (Lipinski definition) is 0. The van der Waals surface area contributed by atoms with Gasteiger partial charge in [0.2, 0.25) is 0 Å². The fraction of sp³-hybridized carbons (Fsp3) is 1.00. The Morgan fingerprint density at radius 2 is 1.45 bits per heavy atom. The van der Waals surface area contributed by atoms with E-state index in [0.29, 0.717) is 0 Å². The van der Waals surface area contributed by atoms with E-state index in [1.165, 1.54) is 44.6 Å². The lowest BCUT2D eigenvalue weighted by molar-refractivity contribution is 0.655. The molecule has 11 heavy (non-hydrogen) atoms. The van der Waals surface area contributed by atoms with Crippen LogP contribution in [0.5, 0.6) is 0 Å². The minimum absolute atomic E-state index is 0.811. The van der Waals surface area contributed by atoms with Gasteiger partial charge in [0.1, 0.15) is 0 Å². The Morgan fingerprint density at radius 1 is 0.727 bits per heavy atom. The summed E-state index contributed by atoms with van der Waals surface area (Å²) in [5.41, 5.74) is 0. The van der Waals surface area contributed by atoms with Gasteiger partial charge in [-0.2, -0.15) is 0 Å². The molecule has 0 aromatic carbocycles. The number of unbranched alkanes of at least 4 members (excludes halogenated alkanes) is 4. The maximum absolute atomic E-state index is 2.30. The van der Waals surface area contributed by atoms with Crippen molar-refractivity contribution in [2.24, 2.45) is 0 Å². The first-order valence-electron chi connectivity index (χ1n) is 5.23. The predicted octanol–water partition coefficient (Wildman–Crippen LogP) is 3.64. The molecule has 0 N–H and O–H groups in total. The first-order valence-corrected chi connectivity index (χ1v) is 6.86. The Bertz CT molecular complexity index is 53.9. The van der Waals surface area contributed by atoms with Crippen LogP contribution in [0.4, 0.5) is 0 Å². The molecule has 0 rings (SSSR count). The maximum atomic E-state index is 2.30. The second-order valence-corrected chi connectivity index (χ2v) is 5.01. The quantitative estimate of drug-likeness (QED) is 0.386. The summed E-state index contributed by atoms with van der Waals surface area (Å²) < 4.78 is 0. The van der Waals surface area contributed by atoms with Crippen LogP contribution in [-0.2, 0) is 0 Å². The Morgan fingerprint density at radius 3 is 2.09 bits per heavy atom. The smallest absolute Gasteiger partial charge is 0.0280 e. The standard InChI is InChI=1S/C10H23Si/c1-3-5-6-7-8-10-11-9-4-2/h11H,3-10H2,1-2H3. The summed E-state index contributed by atoms with van der Waals surface area (Å²) >= 11 is 0. The van der Waals surface area contributed by atoms with Gasteiger partial charge in [-0.3, -0.25) is 0 Å². The first-order chi connectivity index (χ1) is 5.41. The van der Waals surface area contributed by atoms with Crippen molar-refractivity contribution in [2.75, 3.05) is 0 Å². The van der Waals surface area contributed by atoms with Crippen LogP contribution in [0.15, 0.2) is 0 Å². The third kappa shape index (κ3) is 10.2. The average Bonchev–Trinajstić information content (AvgIpc) is 2.03. The highest BCUT2D eigenvalue weighted by molar-refractivity contribution is 6.35. The van der Waals surface area contributed by atoms with Gasteiger partial charge in [0, 0.05) is 9.52 Å². The van der Waals surface area contributed by atoms with Gasteiger partial charge in [0.05, 0.1) is 0 Å². The van der Waals surface area contributed by atoms with E-state index in [2.05, 4.69) is 13.8 Å². The molecule has 0 unspecified atom stereocenters. The summed E-state index contributed by atoms with van der Waals surface area (Å²) in [6.45, 7) is 4.58. The van der Waals surface area contributed by atoms with E-state index in [1.54, 1.807) is 6.04 Å². The number of rotatable bonds is 8. The molecule has 0 nitrogen and oxygen atoms in total. The van der Waals surface area contributed by atoms with Gasteiger partial charge in [-0.1, -0.05) is 64.5 Å². The van der Waals surface area contributed by atoms with Gasteiger partial charge in [-0.25, -0.2) is 0 Å². The van der Waals surface area contributed by atoms with Crippen molar-refractivity contribution >= 4 is 9.52 Å². The SMILES string of the molecule is CCCCCCC[SiH]CCC. The molecule has 0 amide bonds. The molecular weight excluding hydrogens is 148 g/mol. The van der Waals surface area contributed by atoms with E-state index in [4.69, 9.17) is 0 Å². The van der Waals surface area contributed by atoms with Crippen LogP contribution in [0.3, 0.4) is 0 Å². The monoisotopic (exact) mass is 171 g/mol. The summed E-state index contributed by atoms with van der Waals surface area (Å²) in [4.78, 5) is 0. The summed E-state index contributed by atoms with van der Waals surface area (Å²) in [5.74, 6) is 0. The van der Waals surface area contributed by atoms with Gasteiger partial charge in [-0.15, -0.1) is 0 Å². The largest absolute Gasteiger partial charge is 0.0657 e. The Balaban J connectivity index is 2.69. The van der Waals surface area contributed by atoms with Crippen molar-refractivity contribution in [1.82, 2.24) is 0 Å². The zero-order valence-electron chi connectivity index (χ0n) is 8.23.